The van der Waals surface area contributed by atoms with Gasteiger partial charge < -0.3 is 30.5 Å². The lowest BCUT2D eigenvalue weighted by Gasteiger charge is -2.16. The van der Waals surface area contributed by atoms with E-state index in [4.69, 9.17) is 9.84 Å². The van der Waals surface area contributed by atoms with Crippen molar-refractivity contribution in [1.82, 2.24) is 19.7 Å². The fourth-order valence-corrected chi connectivity index (χ4v) is 2.69. The maximum Gasteiger partial charge on any atom is 0.177 e. The molecule has 3 heterocycles. The van der Waals surface area contributed by atoms with Crippen LogP contribution in [0.3, 0.4) is 0 Å². The first kappa shape index (κ1) is 17.7. The Hall–Kier alpha value is -2.11. The van der Waals surface area contributed by atoms with E-state index >= 15 is 0 Å². The molecule has 2 aromatic heterocycles. The van der Waals surface area contributed by atoms with Gasteiger partial charge in [0.1, 0.15) is 23.8 Å². The third kappa shape index (κ3) is 3.34. The second kappa shape index (κ2) is 7.42. The molecular formula is C15H21N5O5. The highest BCUT2D eigenvalue weighted by Crippen LogP contribution is 2.32. The van der Waals surface area contributed by atoms with Crippen LogP contribution in [0.4, 0.5) is 5.82 Å². The summed E-state index contributed by atoms with van der Waals surface area (Å²) in [5, 5.41) is 49.3. The second-order valence-corrected chi connectivity index (χ2v) is 5.90. The van der Waals surface area contributed by atoms with Crippen LogP contribution < -0.4 is 5.32 Å². The monoisotopic (exact) mass is 351 g/mol. The molecule has 0 spiro atoms. The minimum atomic E-state index is -1.20. The number of hydrogen-bond donors (Lipinski definition) is 5. The zero-order valence-electron chi connectivity index (χ0n) is 13.6. The molecule has 0 aliphatic carbocycles. The SMILES string of the molecule is CC(=CCNc1nncc2c1ncn2C1OC(CO)C(O)C1O)CO. The lowest BCUT2D eigenvalue weighted by atomic mass is 10.1. The summed E-state index contributed by atoms with van der Waals surface area (Å²) in [5.41, 5.74) is 1.92. The van der Waals surface area contributed by atoms with Crippen LogP contribution in [0.1, 0.15) is 13.2 Å². The van der Waals surface area contributed by atoms with Crippen LogP contribution in [0, 0.1) is 0 Å². The van der Waals surface area contributed by atoms with Gasteiger partial charge in [-0.15, -0.1) is 5.10 Å². The minimum absolute atomic E-state index is 0.0164. The predicted molar refractivity (Wildman–Crippen MR) is 87.7 cm³/mol. The summed E-state index contributed by atoms with van der Waals surface area (Å²) in [4.78, 5) is 4.28. The van der Waals surface area contributed by atoms with E-state index in [0.29, 0.717) is 23.4 Å². The van der Waals surface area contributed by atoms with Gasteiger partial charge in [0.2, 0.25) is 0 Å². The number of ether oxygens (including phenoxy) is 1. The van der Waals surface area contributed by atoms with Gasteiger partial charge in [-0.1, -0.05) is 11.6 Å². The molecule has 2 aromatic rings. The maximum absolute atomic E-state index is 10.2. The van der Waals surface area contributed by atoms with Gasteiger partial charge in [-0.2, -0.15) is 5.10 Å². The Kier molecular flexibility index (Phi) is 5.25. The largest absolute Gasteiger partial charge is 0.394 e. The van der Waals surface area contributed by atoms with Crippen molar-refractivity contribution >= 4 is 16.9 Å². The lowest BCUT2D eigenvalue weighted by molar-refractivity contribution is -0.0509. The number of nitrogens with one attached hydrogen (secondary N) is 1. The molecule has 1 aliphatic rings. The molecule has 0 saturated carbocycles. The summed E-state index contributed by atoms with van der Waals surface area (Å²) < 4.78 is 7.07. The number of anilines is 1. The minimum Gasteiger partial charge on any atom is -0.394 e. The highest BCUT2D eigenvalue weighted by Gasteiger charge is 2.43. The van der Waals surface area contributed by atoms with Gasteiger partial charge in [-0.05, 0) is 6.92 Å². The highest BCUT2D eigenvalue weighted by molar-refractivity contribution is 5.85. The Balaban J connectivity index is 1.86. The number of aliphatic hydroxyl groups is 4. The van der Waals surface area contributed by atoms with Crippen molar-refractivity contribution in [2.75, 3.05) is 25.1 Å². The van der Waals surface area contributed by atoms with Gasteiger partial charge >= 0.3 is 0 Å². The van der Waals surface area contributed by atoms with Crippen molar-refractivity contribution in [2.45, 2.75) is 31.5 Å². The van der Waals surface area contributed by atoms with E-state index in [9.17, 15) is 15.3 Å². The Morgan fingerprint density at radius 1 is 1.36 bits per heavy atom. The van der Waals surface area contributed by atoms with Crippen molar-refractivity contribution in [2.24, 2.45) is 0 Å². The molecule has 1 saturated heterocycles. The van der Waals surface area contributed by atoms with Crippen molar-refractivity contribution < 1.29 is 25.2 Å². The third-order valence-corrected chi connectivity index (χ3v) is 4.15. The molecule has 25 heavy (non-hydrogen) atoms. The smallest absolute Gasteiger partial charge is 0.177 e. The second-order valence-electron chi connectivity index (χ2n) is 5.90. The first-order chi connectivity index (χ1) is 12.1. The van der Waals surface area contributed by atoms with Gasteiger partial charge in [-0.3, -0.25) is 4.57 Å². The number of aliphatic hydroxyl groups excluding tert-OH is 4. The molecule has 4 atom stereocenters. The number of hydrogen-bond acceptors (Lipinski definition) is 9. The van der Waals surface area contributed by atoms with E-state index in [1.54, 1.807) is 4.57 Å². The Bertz CT molecular complexity index is 764. The van der Waals surface area contributed by atoms with Gasteiger partial charge in [0.25, 0.3) is 0 Å². The molecule has 0 aromatic carbocycles. The topological polar surface area (TPSA) is 146 Å². The van der Waals surface area contributed by atoms with Crippen LogP contribution in [0.15, 0.2) is 24.2 Å². The quantitative estimate of drug-likeness (QED) is 0.404. The summed E-state index contributed by atoms with van der Waals surface area (Å²) >= 11 is 0. The molecule has 4 unspecified atom stereocenters. The van der Waals surface area contributed by atoms with E-state index in [0.717, 1.165) is 5.57 Å². The lowest BCUT2D eigenvalue weighted by Crippen LogP contribution is -2.33. The maximum atomic E-state index is 10.2. The molecular weight excluding hydrogens is 330 g/mol. The normalized spacial score (nSPS) is 27.2. The number of rotatable bonds is 6. The fraction of sp³-hybridized carbons (Fsp3) is 0.533. The summed E-state index contributed by atoms with van der Waals surface area (Å²) in [6.07, 6.45) is 0.637. The number of aromatic nitrogens is 4. The van der Waals surface area contributed by atoms with Crippen LogP contribution >= 0.6 is 0 Å². The molecule has 0 radical (unpaired) electrons. The van der Waals surface area contributed by atoms with E-state index in [-0.39, 0.29) is 6.61 Å². The Labute approximate surface area is 143 Å². The molecule has 10 heteroatoms. The molecule has 136 valence electrons. The zero-order valence-corrected chi connectivity index (χ0v) is 13.6. The predicted octanol–water partition coefficient (Wildman–Crippen LogP) is -1.21. The molecule has 5 N–H and O–H groups in total. The molecule has 1 aliphatic heterocycles. The van der Waals surface area contributed by atoms with Crippen molar-refractivity contribution in [3.63, 3.8) is 0 Å². The van der Waals surface area contributed by atoms with Crippen LogP contribution in [-0.2, 0) is 4.74 Å². The van der Waals surface area contributed by atoms with Crippen molar-refractivity contribution in [1.29, 1.82) is 0 Å². The molecule has 0 bridgehead atoms. The van der Waals surface area contributed by atoms with Crippen LogP contribution in [-0.4, -0.2) is 78.2 Å². The Morgan fingerprint density at radius 2 is 2.16 bits per heavy atom. The standard InChI is InChI=1S/C15H21N5O5/c1-8(5-21)2-3-16-14-11-9(4-18-19-14)20(7-17-11)15-13(24)12(23)10(6-22)25-15/h2,4,7,10,12-13,15,21-24H,3,5-6H2,1H3,(H,16,19). The molecule has 10 nitrogen and oxygen atoms in total. The van der Waals surface area contributed by atoms with Crippen LogP contribution in [0.5, 0.6) is 0 Å². The number of imidazole rings is 1. The van der Waals surface area contributed by atoms with Gasteiger partial charge in [0, 0.05) is 6.54 Å². The number of fused-ring (bicyclic) bond motifs is 1. The summed E-state index contributed by atoms with van der Waals surface area (Å²) in [6.45, 7) is 1.84. The first-order valence-electron chi connectivity index (χ1n) is 7.87. The summed E-state index contributed by atoms with van der Waals surface area (Å²) in [5.74, 6) is 0.449. The zero-order chi connectivity index (χ0) is 18.0. The van der Waals surface area contributed by atoms with E-state index < -0.39 is 31.1 Å². The van der Waals surface area contributed by atoms with Gasteiger partial charge in [0.15, 0.2) is 12.0 Å². The van der Waals surface area contributed by atoms with Crippen molar-refractivity contribution in [3.05, 3.63) is 24.2 Å². The van der Waals surface area contributed by atoms with Crippen molar-refractivity contribution in [3.8, 4) is 0 Å². The first-order valence-corrected chi connectivity index (χ1v) is 7.87. The van der Waals surface area contributed by atoms with Gasteiger partial charge in [-0.25, -0.2) is 4.98 Å². The summed E-state index contributed by atoms with van der Waals surface area (Å²) in [6, 6.07) is 0. The van der Waals surface area contributed by atoms with E-state index in [2.05, 4.69) is 20.5 Å². The van der Waals surface area contributed by atoms with E-state index in [1.165, 1.54) is 12.5 Å². The Morgan fingerprint density at radius 3 is 2.84 bits per heavy atom. The van der Waals surface area contributed by atoms with Gasteiger partial charge in [0.05, 0.1) is 31.3 Å². The highest BCUT2D eigenvalue weighted by atomic mass is 16.6. The molecule has 3 rings (SSSR count). The molecule has 1 fully saturated rings. The fourth-order valence-electron chi connectivity index (χ4n) is 2.69. The number of nitrogens with zero attached hydrogens (tertiary/aromatic N) is 4. The van der Waals surface area contributed by atoms with E-state index in [1.807, 2.05) is 13.0 Å². The summed E-state index contributed by atoms with van der Waals surface area (Å²) in [7, 11) is 0. The average molecular weight is 351 g/mol. The third-order valence-electron chi connectivity index (χ3n) is 4.15. The average Bonchev–Trinajstić information content (AvgIpc) is 3.17. The van der Waals surface area contributed by atoms with Crippen LogP contribution in [0.2, 0.25) is 0 Å². The molecule has 0 amide bonds. The van der Waals surface area contributed by atoms with Crippen LogP contribution in [0.25, 0.3) is 11.0 Å².